The number of rotatable bonds is 6. The first-order valence-electron chi connectivity index (χ1n) is 6.02. The maximum atomic E-state index is 11.6. The predicted molar refractivity (Wildman–Crippen MR) is 77.8 cm³/mol. The summed E-state index contributed by atoms with van der Waals surface area (Å²) in [6, 6.07) is 11.5. The normalized spacial score (nSPS) is 10.2. The Balaban J connectivity index is 1.65. The second-order valence-electron chi connectivity index (χ2n) is 4.04. The average Bonchev–Trinajstić information content (AvgIpc) is 2.92. The Morgan fingerprint density at radius 3 is 2.68 bits per heavy atom. The lowest BCUT2D eigenvalue weighted by Gasteiger charge is -2.06. The summed E-state index contributed by atoms with van der Waals surface area (Å²) in [6.45, 7) is 1.04. The number of amides is 1. The van der Waals surface area contributed by atoms with Crippen molar-refractivity contribution in [1.82, 2.24) is 5.32 Å². The van der Waals surface area contributed by atoms with Gasteiger partial charge in [0, 0.05) is 23.1 Å². The van der Waals surface area contributed by atoms with E-state index in [2.05, 4.69) is 26.6 Å². The fourth-order valence-corrected chi connectivity index (χ4v) is 1.84. The third-order valence-electron chi connectivity index (χ3n) is 2.57. The van der Waals surface area contributed by atoms with E-state index in [9.17, 15) is 4.79 Å². The van der Waals surface area contributed by atoms with Crippen LogP contribution >= 0.6 is 15.9 Å². The molecule has 1 amide bonds. The van der Waals surface area contributed by atoms with Gasteiger partial charge >= 0.3 is 0 Å². The fourth-order valence-electron chi connectivity index (χ4n) is 1.58. The van der Waals surface area contributed by atoms with Crippen LogP contribution in [0.2, 0.25) is 0 Å². The zero-order valence-corrected chi connectivity index (χ0v) is 11.9. The summed E-state index contributed by atoms with van der Waals surface area (Å²) in [7, 11) is 0. The number of furan rings is 1. The Labute approximate surface area is 120 Å². The van der Waals surface area contributed by atoms with Gasteiger partial charge in [-0.25, -0.2) is 0 Å². The van der Waals surface area contributed by atoms with Crippen molar-refractivity contribution >= 4 is 27.5 Å². The second kappa shape index (κ2) is 6.99. The minimum Gasteiger partial charge on any atom is -0.467 e. The van der Waals surface area contributed by atoms with Crippen molar-refractivity contribution in [1.29, 1.82) is 0 Å². The Kier molecular flexibility index (Phi) is 5.03. The van der Waals surface area contributed by atoms with Crippen molar-refractivity contribution in [3.8, 4) is 0 Å². The van der Waals surface area contributed by atoms with E-state index in [-0.39, 0.29) is 5.91 Å². The summed E-state index contributed by atoms with van der Waals surface area (Å²) in [4.78, 5) is 11.6. The largest absolute Gasteiger partial charge is 0.467 e. The van der Waals surface area contributed by atoms with E-state index in [1.807, 2.05) is 30.3 Å². The van der Waals surface area contributed by atoms with Gasteiger partial charge in [-0.3, -0.25) is 4.79 Å². The molecule has 2 rings (SSSR count). The SMILES string of the molecule is O=C(CCNc1ccc(Br)cc1)NCc1ccco1. The number of halogens is 1. The van der Waals surface area contributed by atoms with Gasteiger partial charge in [-0.1, -0.05) is 15.9 Å². The zero-order chi connectivity index (χ0) is 13.5. The third-order valence-corrected chi connectivity index (χ3v) is 3.09. The van der Waals surface area contributed by atoms with E-state index in [0.29, 0.717) is 19.5 Å². The van der Waals surface area contributed by atoms with Gasteiger partial charge in [0.15, 0.2) is 0 Å². The summed E-state index contributed by atoms with van der Waals surface area (Å²) < 4.78 is 6.17. The van der Waals surface area contributed by atoms with Crippen LogP contribution in [0.1, 0.15) is 12.2 Å². The number of hydrogen-bond acceptors (Lipinski definition) is 3. The van der Waals surface area contributed by atoms with Gasteiger partial charge in [-0.2, -0.15) is 0 Å². The van der Waals surface area contributed by atoms with Gasteiger partial charge in [-0.15, -0.1) is 0 Å². The van der Waals surface area contributed by atoms with Gasteiger partial charge in [0.2, 0.25) is 5.91 Å². The Hall–Kier alpha value is -1.75. The minimum absolute atomic E-state index is 0.000937. The van der Waals surface area contributed by atoms with Crippen molar-refractivity contribution in [2.45, 2.75) is 13.0 Å². The number of nitrogens with one attached hydrogen (secondary N) is 2. The highest BCUT2D eigenvalue weighted by Crippen LogP contribution is 2.13. The Morgan fingerprint density at radius 2 is 2.00 bits per heavy atom. The Bertz CT molecular complexity index is 509. The first-order chi connectivity index (χ1) is 9.24. The van der Waals surface area contributed by atoms with E-state index in [1.165, 1.54) is 0 Å². The van der Waals surface area contributed by atoms with Gasteiger partial charge in [0.1, 0.15) is 5.76 Å². The molecule has 4 nitrogen and oxygen atoms in total. The molecule has 0 bridgehead atoms. The van der Waals surface area contributed by atoms with Crippen molar-refractivity contribution < 1.29 is 9.21 Å². The van der Waals surface area contributed by atoms with E-state index < -0.39 is 0 Å². The first kappa shape index (κ1) is 13.7. The average molecular weight is 323 g/mol. The maximum absolute atomic E-state index is 11.6. The van der Waals surface area contributed by atoms with Gasteiger partial charge < -0.3 is 15.1 Å². The van der Waals surface area contributed by atoms with Crippen LogP contribution in [-0.4, -0.2) is 12.5 Å². The molecule has 100 valence electrons. The third kappa shape index (κ3) is 4.79. The smallest absolute Gasteiger partial charge is 0.222 e. The van der Waals surface area contributed by atoms with Crippen LogP contribution in [-0.2, 0) is 11.3 Å². The van der Waals surface area contributed by atoms with Crippen LogP contribution in [0.25, 0.3) is 0 Å². The molecule has 0 radical (unpaired) electrons. The van der Waals surface area contributed by atoms with Crippen molar-refractivity contribution in [2.75, 3.05) is 11.9 Å². The molecule has 0 aliphatic carbocycles. The molecule has 1 heterocycles. The molecule has 1 aromatic carbocycles. The lowest BCUT2D eigenvalue weighted by Crippen LogP contribution is -2.24. The van der Waals surface area contributed by atoms with Crippen LogP contribution in [0.15, 0.2) is 51.6 Å². The van der Waals surface area contributed by atoms with Crippen LogP contribution in [0.5, 0.6) is 0 Å². The van der Waals surface area contributed by atoms with Crippen LogP contribution < -0.4 is 10.6 Å². The highest BCUT2D eigenvalue weighted by Gasteiger charge is 2.02. The quantitative estimate of drug-likeness (QED) is 0.859. The number of carbonyl (C=O) groups excluding carboxylic acids is 1. The number of anilines is 1. The highest BCUT2D eigenvalue weighted by atomic mass is 79.9. The highest BCUT2D eigenvalue weighted by molar-refractivity contribution is 9.10. The van der Waals surface area contributed by atoms with Crippen molar-refractivity contribution in [2.24, 2.45) is 0 Å². The van der Waals surface area contributed by atoms with Crippen molar-refractivity contribution in [3.63, 3.8) is 0 Å². The van der Waals surface area contributed by atoms with Crippen LogP contribution in [0.4, 0.5) is 5.69 Å². The van der Waals surface area contributed by atoms with Gasteiger partial charge in [-0.05, 0) is 36.4 Å². The monoisotopic (exact) mass is 322 g/mol. The standard InChI is InChI=1S/C14H15BrN2O2/c15-11-3-5-12(6-4-11)16-8-7-14(18)17-10-13-2-1-9-19-13/h1-6,9,16H,7-8,10H2,(H,17,18). The minimum atomic E-state index is 0.000937. The molecule has 5 heteroatoms. The summed E-state index contributed by atoms with van der Waals surface area (Å²) in [5.41, 5.74) is 1.00. The summed E-state index contributed by atoms with van der Waals surface area (Å²) in [5, 5.41) is 5.99. The lowest BCUT2D eigenvalue weighted by atomic mass is 10.3. The molecule has 0 saturated carbocycles. The molecular formula is C14H15BrN2O2. The molecule has 2 aromatic rings. The van der Waals surface area contributed by atoms with Crippen LogP contribution in [0, 0.1) is 0 Å². The molecule has 0 unspecified atom stereocenters. The maximum Gasteiger partial charge on any atom is 0.222 e. The van der Waals surface area contributed by atoms with E-state index in [1.54, 1.807) is 12.3 Å². The van der Waals surface area contributed by atoms with E-state index in [0.717, 1.165) is 15.9 Å². The second-order valence-corrected chi connectivity index (χ2v) is 4.96. The molecule has 19 heavy (non-hydrogen) atoms. The summed E-state index contributed by atoms with van der Waals surface area (Å²) in [5.74, 6) is 0.759. The molecular weight excluding hydrogens is 308 g/mol. The Morgan fingerprint density at radius 1 is 1.21 bits per heavy atom. The lowest BCUT2D eigenvalue weighted by molar-refractivity contribution is -0.121. The summed E-state index contributed by atoms with van der Waals surface area (Å²) in [6.07, 6.45) is 2.02. The molecule has 0 fully saturated rings. The fraction of sp³-hybridized carbons (Fsp3) is 0.214. The molecule has 0 spiro atoms. The molecule has 0 atom stereocenters. The topological polar surface area (TPSA) is 54.3 Å². The molecule has 0 aliphatic heterocycles. The molecule has 1 aromatic heterocycles. The first-order valence-corrected chi connectivity index (χ1v) is 6.82. The zero-order valence-electron chi connectivity index (χ0n) is 10.4. The molecule has 0 aliphatic rings. The number of benzene rings is 1. The van der Waals surface area contributed by atoms with Crippen molar-refractivity contribution in [3.05, 3.63) is 52.9 Å². The van der Waals surface area contributed by atoms with E-state index >= 15 is 0 Å². The number of carbonyl (C=O) groups is 1. The van der Waals surface area contributed by atoms with Gasteiger partial charge in [0.05, 0.1) is 12.8 Å². The number of hydrogen-bond donors (Lipinski definition) is 2. The predicted octanol–water partition coefficient (Wildman–Crippen LogP) is 3.16. The summed E-state index contributed by atoms with van der Waals surface area (Å²) >= 11 is 3.38. The molecule has 2 N–H and O–H groups in total. The van der Waals surface area contributed by atoms with Crippen LogP contribution in [0.3, 0.4) is 0 Å². The van der Waals surface area contributed by atoms with E-state index in [4.69, 9.17) is 4.42 Å². The van der Waals surface area contributed by atoms with Gasteiger partial charge in [0.25, 0.3) is 0 Å². The molecule has 0 saturated heterocycles.